The topological polar surface area (TPSA) is 105 Å². The Morgan fingerprint density at radius 2 is 1.57 bits per heavy atom. The maximum absolute atomic E-state index is 12.5. The van der Waals surface area contributed by atoms with Gasteiger partial charge in [0.25, 0.3) is 5.91 Å². The molecule has 0 saturated carbocycles. The van der Waals surface area contributed by atoms with Crippen LogP contribution in [-0.2, 0) is 20.7 Å². The van der Waals surface area contributed by atoms with Gasteiger partial charge in [0, 0.05) is 12.0 Å². The summed E-state index contributed by atoms with van der Waals surface area (Å²) in [7, 11) is 1.24. The molecule has 0 radical (unpaired) electrons. The molecule has 0 heterocycles. The standard InChI is InChI=1S/C23H24N2O5/c1-23(2,3)30-21(27)18-11-5-15(6-12-18)13-19(22(28)29-4)25-20(26)17-9-7-16(14-24)8-10-17/h5-12,19H,13H2,1-4H3,(H,25,26)/t19-/m0/s1. The molecule has 2 aromatic rings. The average molecular weight is 408 g/mol. The van der Waals surface area contributed by atoms with E-state index >= 15 is 0 Å². The first-order valence-corrected chi connectivity index (χ1v) is 9.34. The van der Waals surface area contributed by atoms with Crippen molar-refractivity contribution in [2.75, 3.05) is 7.11 Å². The van der Waals surface area contributed by atoms with Crippen LogP contribution >= 0.6 is 0 Å². The molecule has 2 aromatic carbocycles. The third-order valence-corrected chi connectivity index (χ3v) is 4.10. The number of hydrogen-bond donors (Lipinski definition) is 1. The Hall–Kier alpha value is -3.66. The van der Waals surface area contributed by atoms with Gasteiger partial charge in [0.1, 0.15) is 11.6 Å². The van der Waals surface area contributed by atoms with Crippen molar-refractivity contribution in [2.24, 2.45) is 0 Å². The molecule has 0 aliphatic carbocycles. The van der Waals surface area contributed by atoms with E-state index in [0.717, 1.165) is 5.56 Å². The van der Waals surface area contributed by atoms with Crippen LogP contribution in [0.2, 0.25) is 0 Å². The zero-order valence-electron chi connectivity index (χ0n) is 17.4. The fourth-order valence-electron chi connectivity index (χ4n) is 2.62. The third kappa shape index (κ3) is 6.45. The SMILES string of the molecule is COC(=O)[C@H](Cc1ccc(C(=O)OC(C)(C)C)cc1)NC(=O)c1ccc(C#N)cc1. The summed E-state index contributed by atoms with van der Waals surface area (Å²) in [6.07, 6.45) is 0.184. The van der Waals surface area contributed by atoms with Crippen LogP contribution < -0.4 is 5.32 Å². The first kappa shape index (κ1) is 22.6. The Labute approximate surface area is 175 Å². The highest BCUT2D eigenvalue weighted by molar-refractivity contribution is 5.97. The van der Waals surface area contributed by atoms with Crippen LogP contribution in [0.4, 0.5) is 0 Å². The van der Waals surface area contributed by atoms with Crippen molar-refractivity contribution < 1.29 is 23.9 Å². The molecule has 156 valence electrons. The van der Waals surface area contributed by atoms with E-state index in [1.54, 1.807) is 45.0 Å². The number of nitrogens with one attached hydrogen (secondary N) is 1. The van der Waals surface area contributed by atoms with Crippen molar-refractivity contribution in [1.82, 2.24) is 5.32 Å². The van der Waals surface area contributed by atoms with Crippen LogP contribution in [0, 0.1) is 11.3 Å². The lowest BCUT2D eigenvalue weighted by Gasteiger charge is -2.20. The van der Waals surface area contributed by atoms with Crippen LogP contribution in [0.5, 0.6) is 0 Å². The Bertz CT molecular complexity index is 951. The molecule has 0 spiro atoms. The van der Waals surface area contributed by atoms with Crippen LogP contribution in [0.3, 0.4) is 0 Å². The van der Waals surface area contributed by atoms with Crippen molar-refractivity contribution in [3.63, 3.8) is 0 Å². The average Bonchev–Trinajstić information content (AvgIpc) is 2.71. The van der Waals surface area contributed by atoms with Gasteiger partial charge >= 0.3 is 11.9 Å². The van der Waals surface area contributed by atoms with E-state index in [1.807, 2.05) is 6.07 Å². The Kier molecular flexibility index (Phi) is 7.32. The first-order valence-electron chi connectivity index (χ1n) is 9.34. The van der Waals surface area contributed by atoms with Gasteiger partial charge in [-0.3, -0.25) is 4.79 Å². The molecule has 2 rings (SSSR count). The normalized spacial score (nSPS) is 11.7. The summed E-state index contributed by atoms with van der Waals surface area (Å²) in [5, 5.41) is 11.5. The van der Waals surface area contributed by atoms with Gasteiger partial charge in [-0.15, -0.1) is 0 Å². The third-order valence-electron chi connectivity index (χ3n) is 4.10. The summed E-state index contributed by atoms with van der Waals surface area (Å²) in [4.78, 5) is 36.8. The summed E-state index contributed by atoms with van der Waals surface area (Å²) in [5.74, 6) is -1.49. The molecule has 0 aromatic heterocycles. The van der Waals surface area contributed by atoms with Gasteiger partial charge in [-0.1, -0.05) is 12.1 Å². The number of nitrogens with zero attached hydrogens (tertiary/aromatic N) is 1. The van der Waals surface area contributed by atoms with Gasteiger partial charge in [0.05, 0.1) is 24.3 Å². The molecular formula is C23H24N2O5. The number of benzene rings is 2. The van der Waals surface area contributed by atoms with Gasteiger partial charge in [-0.25, -0.2) is 9.59 Å². The summed E-state index contributed by atoms with van der Waals surface area (Å²) in [5.41, 5.74) is 1.29. The van der Waals surface area contributed by atoms with E-state index in [1.165, 1.54) is 31.4 Å². The zero-order chi connectivity index (χ0) is 22.3. The summed E-state index contributed by atoms with van der Waals surface area (Å²) >= 11 is 0. The largest absolute Gasteiger partial charge is 0.467 e. The highest BCUT2D eigenvalue weighted by Gasteiger charge is 2.23. The van der Waals surface area contributed by atoms with Gasteiger partial charge in [-0.2, -0.15) is 5.26 Å². The first-order chi connectivity index (χ1) is 14.1. The Balaban J connectivity index is 2.10. The highest BCUT2D eigenvalue weighted by Crippen LogP contribution is 2.14. The minimum Gasteiger partial charge on any atom is -0.467 e. The maximum Gasteiger partial charge on any atom is 0.338 e. The fourth-order valence-corrected chi connectivity index (χ4v) is 2.62. The number of ether oxygens (including phenoxy) is 2. The number of carbonyl (C=O) groups excluding carboxylic acids is 3. The molecule has 0 fully saturated rings. The number of esters is 2. The molecule has 1 amide bonds. The van der Waals surface area contributed by atoms with Crippen molar-refractivity contribution in [3.8, 4) is 6.07 Å². The minimum absolute atomic E-state index is 0.184. The van der Waals surface area contributed by atoms with Crippen LogP contribution in [-0.4, -0.2) is 36.6 Å². The predicted octanol–water partition coefficient (Wildman–Crippen LogP) is 3.03. The zero-order valence-corrected chi connectivity index (χ0v) is 17.4. The molecule has 0 bridgehead atoms. The molecule has 0 unspecified atom stereocenters. The molecule has 7 heteroatoms. The smallest absolute Gasteiger partial charge is 0.338 e. The van der Waals surface area contributed by atoms with Crippen LogP contribution in [0.25, 0.3) is 0 Å². The molecule has 0 aliphatic rings. The highest BCUT2D eigenvalue weighted by atomic mass is 16.6. The lowest BCUT2D eigenvalue weighted by molar-refractivity contribution is -0.142. The lowest BCUT2D eigenvalue weighted by atomic mass is 10.0. The summed E-state index contributed by atoms with van der Waals surface area (Å²) in [6.45, 7) is 5.37. The Morgan fingerprint density at radius 1 is 1.00 bits per heavy atom. The number of methoxy groups -OCH3 is 1. The summed E-state index contributed by atoms with van der Waals surface area (Å²) < 4.78 is 10.1. The second-order valence-electron chi connectivity index (χ2n) is 7.64. The summed E-state index contributed by atoms with van der Waals surface area (Å²) in [6, 6.07) is 13.8. The second-order valence-corrected chi connectivity index (χ2v) is 7.64. The molecule has 0 aliphatic heterocycles. The lowest BCUT2D eigenvalue weighted by Crippen LogP contribution is -2.43. The van der Waals surface area contributed by atoms with E-state index in [2.05, 4.69) is 5.32 Å². The maximum atomic E-state index is 12.5. The number of nitriles is 1. The number of amides is 1. The number of rotatable bonds is 6. The predicted molar refractivity (Wildman–Crippen MR) is 110 cm³/mol. The minimum atomic E-state index is -0.912. The molecule has 0 saturated heterocycles. The monoisotopic (exact) mass is 408 g/mol. The quantitative estimate of drug-likeness (QED) is 0.737. The van der Waals surface area contributed by atoms with E-state index in [9.17, 15) is 14.4 Å². The molecular weight excluding hydrogens is 384 g/mol. The van der Waals surface area contributed by atoms with E-state index in [-0.39, 0.29) is 6.42 Å². The number of carbonyl (C=O) groups is 3. The van der Waals surface area contributed by atoms with E-state index < -0.39 is 29.5 Å². The van der Waals surface area contributed by atoms with E-state index in [4.69, 9.17) is 14.7 Å². The second kappa shape index (κ2) is 9.70. The number of hydrogen-bond acceptors (Lipinski definition) is 6. The van der Waals surface area contributed by atoms with Crippen molar-refractivity contribution in [1.29, 1.82) is 5.26 Å². The Morgan fingerprint density at radius 3 is 2.07 bits per heavy atom. The molecule has 7 nitrogen and oxygen atoms in total. The van der Waals surface area contributed by atoms with Gasteiger partial charge in [0.15, 0.2) is 0 Å². The molecule has 30 heavy (non-hydrogen) atoms. The van der Waals surface area contributed by atoms with Crippen LogP contribution in [0.15, 0.2) is 48.5 Å². The van der Waals surface area contributed by atoms with Crippen molar-refractivity contribution in [3.05, 3.63) is 70.8 Å². The van der Waals surface area contributed by atoms with E-state index in [0.29, 0.717) is 16.7 Å². The van der Waals surface area contributed by atoms with Crippen molar-refractivity contribution in [2.45, 2.75) is 38.8 Å². The van der Waals surface area contributed by atoms with Crippen molar-refractivity contribution >= 4 is 17.8 Å². The van der Waals surface area contributed by atoms with Crippen LogP contribution in [0.1, 0.15) is 52.6 Å². The fraction of sp³-hybridized carbons (Fsp3) is 0.304. The molecule has 1 atom stereocenters. The van der Waals surface area contributed by atoms with Gasteiger partial charge in [-0.05, 0) is 62.7 Å². The molecule has 1 N–H and O–H groups in total. The van der Waals surface area contributed by atoms with Gasteiger partial charge in [0.2, 0.25) is 0 Å². The van der Waals surface area contributed by atoms with Gasteiger partial charge < -0.3 is 14.8 Å².